The number of methoxy groups -OCH3 is 2. The molecule has 4 heteroatoms. The van der Waals surface area contributed by atoms with Crippen molar-refractivity contribution in [1.82, 2.24) is 4.98 Å². The third-order valence-electron chi connectivity index (χ3n) is 2.77. The minimum absolute atomic E-state index is 0.218. The van der Waals surface area contributed by atoms with Crippen LogP contribution in [0.5, 0.6) is 5.75 Å². The lowest BCUT2D eigenvalue weighted by Gasteiger charge is -2.15. The molecule has 2 aromatic rings. The van der Waals surface area contributed by atoms with Gasteiger partial charge < -0.3 is 14.8 Å². The Morgan fingerprint density at radius 1 is 1.28 bits per heavy atom. The van der Waals surface area contributed by atoms with Crippen LogP contribution in [-0.4, -0.2) is 31.9 Å². The normalized spacial score (nSPS) is 12.4. The molecule has 0 spiro atoms. The van der Waals surface area contributed by atoms with Crippen LogP contribution in [0.25, 0.3) is 10.8 Å². The summed E-state index contributed by atoms with van der Waals surface area (Å²) in [5, 5.41) is 5.54. The number of fused-ring (bicyclic) bond motifs is 1. The average Bonchev–Trinajstić information content (AvgIpc) is 2.38. The molecule has 0 fully saturated rings. The maximum absolute atomic E-state index is 5.22. The zero-order valence-electron chi connectivity index (χ0n) is 10.9. The molecule has 1 N–H and O–H groups in total. The van der Waals surface area contributed by atoms with Gasteiger partial charge in [-0.25, -0.2) is 4.98 Å². The Balaban J connectivity index is 2.33. The highest BCUT2D eigenvalue weighted by atomic mass is 16.5. The summed E-state index contributed by atoms with van der Waals surface area (Å²) in [6.45, 7) is 2.71. The summed E-state index contributed by atoms with van der Waals surface area (Å²) in [7, 11) is 3.36. The molecule has 4 nitrogen and oxygen atoms in total. The molecule has 0 amide bonds. The number of pyridine rings is 1. The molecule has 0 radical (unpaired) electrons. The van der Waals surface area contributed by atoms with Gasteiger partial charge in [0.25, 0.3) is 0 Å². The van der Waals surface area contributed by atoms with Crippen LogP contribution in [0.15, 0.2) is 30.5 Å². The monoisotopic (exact) mass is 246 g/mol. The smallest absolute Gasteiger partial charge is 0.134 e. The summed E-state index contributed by atoms with van der Waals surface area (Å²) >= 11 is 0. The van der Waals surface area contributed by atoms with Crippen molar-refractivity contribution < 1.29 is 9.47 Å². The number of anilines is 1. The summed E-state index contributed by atoms with van der Waals surface area (Å²) in [6.07, 6.45) is 1.80. The molecule has 0 saturated carbocycles. The van der Waals surface area contributed by atoms with Crippen molar-refractivity contribution in [3.8, 4) is 5.75 Å². The van der Waals surface area contributed by atoms with Crippen molar-refractivity contribution in [3.05, 3.63) is 30.5 Å². The molecule has 0 aliphatic heterocycles. The number of nitrogens with zero attached hydrogens (tertiary/aromatic N) is 1. The third kappa shape index (κ3) is 2.71. The van der Waals surface area contributed by atoms with Gasteiger partial charge in [-0.15, -0.1) is 0 Å². The fourth-order valence-electron chi connectivity index (χ4n) is 1.92. The van der Waals surface area contributed by atoms with Crippen molar-refractivity contribution in [2.45, 2.75) is 13.0 Å². The number of hydrogen-bond donors (Lipinski definition) is 1. The van der Waals surface area contributed by atoms with Gasteiger partial charge in [0.2, 0.25) is 0 Å². The van der Waals surface area contributed by atoms with E-state index in [9.17, 15) is 0 Å². The summed E-state index contributed by atoms with van der Waals surface area (Å²) in [4.78, 5) is 4.38. The van der Waals surface area contributed by atoms with E-state index >= 15 is 0 Å². The molecule has 1 unspecified atom stereocenters. The third-order valence-corrected chi connectivity index (χ3v) is 2.77. The van der Waals surface area contributed by atoms with E-state index in [0.29, 0.717) is 6.61 Å². The van der Waals surface area contributed by atoms with Crippen LogP contribution < -0.4 is 10.1 Å². The second kappa shape index (κ2) is 5.69. The maximum Gasteiger partial charge on any atom is 0.134 e. The number of aromatic nitrogens is 1. The van der Waals surface area contributed by atoms with Crippen LogP contribution in [0, 0.1) is 0 Å². The maximum atomic E-state index is 5.22. The SMILES string of the molecule is COCC(C)Nc1nccc2cc(OC)ccc12. The Bertz CT molecular complexity index is 528. The molecule has 1 aromatic carbocycles. The quantitative estimate of drug-likeness (QED) is 0.881. The van der Waals surface area contributed by atoms with Crippen LogP contribution >= 0.6 is 0 Å². The molecular formula is C14H18N2O2. The van der Waals surface area contributed by atoms with Crippen LogP contribution in [0.4, 0.5) is 5.82 Å². The zero-order chi connectivity index (χ0) is 13.0. The van der Waals surface area contributed by atoms with Crippen molar-refractivity contribution in [1.29, 1.82) is 0 Å². The van der Waals surface area contributed by atoms with Crippen molar-refractivity contribution in [2.24, 2.45) is 0 Å². The van der Waals surface area contributed by atoms with Gasteiger partial charge in [-0.3, -0.25) is 0 Å². The van der Waals surface area contributed by atoms with Gasteiger partial charge in [-0.05, 0) is 36.6 Å². The van der Waals surface area contributed by atoms with E-state index in [1.165, 1.54) is 0 Å². The van der Waals surface area contributed by atoms with Gasteiger partial charge in [-0.1, -0.05) is 0 Å². The predicted octanol–water partition coefficient (Wildman–Crippen LogP) is 2.69. The minimum atomic E-state index is 0.218. The van der Waals surface area contributed by atoms with E-state index < -0.39 is 0 Å². The lowest BCUT2D eigenvalue weighted by molar-refractivity contribution is 0.190. The van der Waals surface area contributed by atoms with Crippen molar-refractivity contribution in [3.63, 3.8) is 0 Å². The van der Waals surface area contributed by atoms with Gasteiger partial charge >= 0.3 is 0 Å². The highest BCUT2D eigenvalue weighted by Crippen LogP contribution is 2.25. The Morgan fingerprint density at radius 2 is 2.11 bits per heavy atom. The van der Waals surface area contributed by atoms with E-state index in [-0.39, 0.29) is 6.04 Å². The predicted molar refractivity (Wildman–Crippen MR) is 73.3 cm³/mol. The summed E-state index contributed by atoms with van der Waals surface area (Å²) in [5.74, 6) is 1.73. The molecule has 96 valence electrons. The van der Waals surface area contributed by atoms with Crippen molar-refractivity contribution >= 4 is 16.6 Å². The van der Waals surface area contributed by atoms with E-state index in [1.54, 1.807) is 20.4 Å². The molecular weight excluding hydrogens is 228 g/mol. The summed E-state index contributed by atoms with van der Waals surface area (Å²) < 4.78 is 10.3. The minimum Gasteiger partial charge on any atom is -0.497 e. The largest absolute Gasteiger partial charge is 0.497 e. The molecule has 1 aromatic heterocycles. The Hall–Kier alpha value is -1.81. The lowest BCUT2D eigenvalue weighted by atomic mass is 10.1. The molecule has 0 bridgehead atoms. The number of nitrogens with one attached hydrogen (secondary N) is 1. The summed E-state index contributed by atoms with van der Waals surface area (Å²) in [5.41, 5.74) is 0. The first-order valence-corrected chi connectivity index (χ1v) is 5.93. The van der Waals surface area contributed by atoms with Crippen LogP contribution in [0.1, 0.15) is 6.92 Å². The molecule has 0 saturated heterocycles. The molecule has 18 heavy (non-hydrogen) atoms. The van der Waals surface area contributed by atoms with Crippen LogP contribution in [0.2, 0.25) is 0 Å². The molecule has 2 rings (SSSR count). The molecule has 0 aliphatic carbocycles. The molecule has 1 atom stereocenters. The fourth-order valence-corrected chi connectivity index (χ4v) is 1.92. The number of rotatable bonds is 5. The Morgan fingerprint density at radius 3 is 2.83 bits per heavy atom. The van der Waals surface area contributed by atoms with Crippen LogP contribution in [-0.2, 0) is 4.74 Å². The number of hydrogen-bond acceptors (Lipinski definition) is 4. The van der Waals surface area contributed by atoms with Gasteiger partial charge in [0, 0.05) is 24.7 Å². The Labute approximate surface area is 107 Å². The zero-order valence-corrected chi connectivity index (χ0v) is 10.9. The highest BCUT2D eigenvalue weighted by Gasteiger charge is 2.06. The number of benzene rings is 1. The lowest BCUT2D eigenvalue weighted by Crippen LogP contribution is -2.21. The number of ether oxygens (including phenoxy) is 2. The first-order valence-electron chi connectivity index (χ1n) is 5.93. The Kier molecular flexibility index (Phi) is 3.99. The van der Waals surface area contributed by atoms with E-state index in [4.69, 9.17) is 9.47 Å². The van der Waals surface area contributed by atoms with E-state index in [0.717, 1.165) is 22.3 Å². The van der Waals surface area contributed by atoms with Gasteiger partial charge in [-0.2, -0.15) is 0 Å². The second-order valence-electron chi connectivity index (χ2n) is 4.25. The van der Waals surface area contributed by atoms with Crippen molar-refractivity contribution in [2.75, 3.05) is 26.1 Å². The first kappa shape index (κ1) is 12.6. The van der Waals surface area contributed by atoms with Gasteiger partial charge in [0.1, 0.15) is 11.6 Å². The first-order chi connectivity index (χ1) is 8.74. The average molecular weight is 246 g/mol. The topological polar surface area (TPSA) is 43.4 Å². The fraction of sp³-hybridized carbons (Fsp3) is 0.357. The molecule has 1 heterocycles. The summed E-state index contributed by atoms with van der Waals surface area (Å²) in [6, 6.07) is 8.15. The second-order valence-corrected chi connectivity index (χ2v) is 4.25. The van der Waals surface area contributed by atoms with E-state index in [1.807, 2.05) is 24.3 Å². The van der Waals surface area contributed by atoms with Gasteiger partial charge in [0.15, 0.2) is 0 Å². The highest BCUT2D eigenvalue weighted by molar-refractivity contribution is 5.92. The van der Waals surface area contributed by atoms with E-state index in [2.05, 4.69) is 17.2 Å². The standard InChI is InChI=1S/C14H18N2O2/c1-10(9-17-2)16-14-13-5-4-12(18-3)8-11(13)6-7-15-14/h4-8,10H,9H2,1-3H3,(H,15,16). The van der Waals surface area contributed by atoms with Crippen LogP contribution in [0.3, 0.4) is 0 Å². The van der Waals surface area contributed by atoms with Gasteiger partial charge in [0.05, 0.1) is 13.7 Å². The molecule has 0 aliphatic rings.